The molecule has 0 bridgehead atoms. The molecule has 0 aliphatic carbocycles. The van der Waals surface area contributed by atoms with E-state index in [0.29, 0.717) is 12.5 Å². The zero-order valence-electron chi connectivity index (χ0n) is 16.9. The summed E-state index contributed by atoms with van der Waals surface area (Å²) in [5, 5.41) is 20.3. The van der Waals surface area contributed by atoms with Crippen molar-refractivity contribution in [1.82, 2.24) is 34.3 Å². The van der Waals surface area contributed by atoms with E-state index in [0.717, 1.165) is 63.0 Å². The van der Waals surface area contributed by atoms with Gasteiger partial charge in [-0.05, 0) is 31.4 Å². The fourth-order valence-corrected chi connectivity index (χ4v) is 4.19. The second kappa shape index (κ2) is 8.60. The zero-order valence-corrected chi connectivity index (χ0v) is 16.9. The minimum Gasteiger partial charge on any atom is -0.481 e. The fraction of sp³-hybridized carbons (Fsp3) is 0.500. The van der Waals surface area contributed by atoms with Crippen LogP contribution in [0, 0.1) is 5.92 Å². The number of pyridine rings is 1. The van der Waals surface area contributed by atoms with E-state index in [4.69, 9.17) is 9.90 Å². The third kappa shape index (κ3) is 4.17. The molecule has 1 atom stereocenters. The number of fused-ring (bicyclic) bond motifs is 2. The van der Waals surface area contributed by atoms with Crippen molar-refractivity contribution in [3.8, 4) is 0 Å². The highest BCUT2D eigenvalue weighted by molar-refractivity contribution is 5.79. The Bertz CT molecular complexity index is 1030. The average Bonchev–Trinajstić information content (AvgIpc) is 3.39. The molecule has 1 unspecified atom stereocenters. The number of hydrogen-bond acceptors (Lipinski definition) is 6. The van der Waals surface area contributed by atoms with Gasteiger partial charge < -0.3 is 10.0 Å². The van der Waals surface area contributed by atoms with E-state index in [9.17, 15) is 4.79 Å². The molecule has 0 radical (unpaired) electrons. The van der Waals surface area contributed by atoms with Gasteiger partial charge in [0, 0.05) is 38.5 Å². The van der Waals surface area contributed by atoms with Crippen LogP contribution in [0.1, 0.15) is 43.8 Å². The first-order valence-electron chi connectivity index (χ1n) is 10.2. The van der Waals surface area contributed by atoms with Gasteiger partial charge in [-0.25, -0.2) is 9.67 Å². The summed E-state index contributed by atoms with van der Waals surface area (Å²) in [6.07, 6.45) is 7.16. The number of carbonyl (C=O) groups is 2. The molecule has 5 rings (SSSR count). The summed E-state index contributed by atoms with van der Waals surface area (Å²) in [4.78, 5) is 28.2. The molecule has 1 saturated heterocycles. The number of carboxylic acid groups (broad SMARTS) is 1. The van der Waals surface area contributed by atoms with Gasteiger partial charge in [0.2, 0.25) is 5.91 Å². The molecule has 30 heavy (non-hydrogen) atoms. The highest BCUT2D eigenvalue weighted by Crippen LogP contribution is 2.29. The number of carbonyl (C=O) groups excluding carboxylic acids is 1. The van der Waals surface area contributed by atoms with Crippen LogP contribution >= 0.6 is 0 Å². The minimum absolute atomic E-state index is 0.0228. The van der Waals surface area contributed by atoms with Crippen molar-refractivity contribution in [2.45, 2.75) is 45.1 Å². The van der Waals surface area contributed by atoms with Crippen molar-refractivity contribution in [2.24, 2.45) is 5.92 Å². The summed E-state index contributed by atoms with van der Waals surface area (Å²) in [5.41, 5.74) is 0.881. The molecular formula is C20H25N7O3. The van der Waals surface area contributed by atoms with E-state index in [1.165, 1.54) is 0 Å². The molecule has 1 fully saturated rings. The lowest BCUT2D eigenvalue weighted by atomic mass is 9.93. The van der Waals surface area contributed by atoms with Crippen LogP contribution in [0.15, 0.2) is 30.7 Å². The van der Waals surface area contributed by atoms with Crippen LogP contribution in [-0.2, 0) is 22.6 Å². The standard InChI is InChI=1S/C18H21N7O.C2H4O2/c26-18(14-4-5-15-19-12-20-25(15)11-14)23-9-6-13(7-10-23)17-22-21-16-3-1-2-8-24(16)17;1-2(3)4/h1-3,8,12-14H,4-7,9-11H2;1H3,(H,3,4). The van der Waals surface area contributed by atoms with Crippen LogP contribution in [0.5, 0.6) is 0 Å². The Morgan fingerprint density at radius 1 is 1.13 bits per heavy atom. The summed E-state index contributed by atoms with van der Waals surface area (Å²) >= 11 is 0. The molecule has 10 heteroatoms. The molecule has 1 N–H and O–H groups in total. The summed E-state index contributed by atoms with van der Waals surface area (Å²) in [7, 11) is 0. The van der Waals surface area contributed by atoms with Crippen molar-refractivity contribution in [3.63, 3.8) is 0 Å². The number of amides is 1. The number of hydrogen-bond donors (Lipinski definition) is 1. The van der Waals surface area contributed by atoms with E-state index in [1.807, 2.05) is 34.0 Å². The molecular weight excluding hydrogens is 386 g/mol. The first-order valence-corrected chi connectivity index (χ1v) is 10.2. The molecule has 1 amide bonds. The van der Waals surface area contributed by atoms with Gasteiger partial charge in [0.25, 0.3) is 5.97 Å². The Morgan fingerprint density at radius 2 is 1.90 bits per heavy atom. The second-order valence-corrected chi connectivity index (χ2v) is 7.70. The van der Waals surface area contributed by atoms with Gasteiger partial charge in [-0.1, -0.05) is 6.07 Å². The van der Waals surface area contributed by atoms with Gasteiger partial charge in [-0.15, -0.1) is 10.2 Å². The fourth-order valence-electron chi connectivity index (χ4n) is 4.19. The smallest absolute Gasteiger partial charge is 0.300 e. The van der Waals surface area contributed by atoms with Crippen LogP contribution in [0.25, 0.3) is 5.65 Å². The molecule has 10 nitrogen and oxygen atoms in total. The number of likely N-dealkylation sites (tertiary alicyclic amines) is 1. The van der Waals surface area contributed by atoms with Crippen LogP contribution in [0.2, 0.25) is 0 Å². The Kier molecular flexibility index (Phi) is 5.73. The highest BCUT2D eigenvalue weighted by atomic mass is 16.4. The van der Waals surface area contributed by atoms with Crippen LogP contribution in [-0.4, -0.2) is 64.3 Å². The molecule has 158 valence electrons. The van der Waals surface area contributed by atoms with Gasteiger partial charge in [-0.3, -0.25) is 14.0 Å². The first kappa shape index (κ1) is 20.0. The van der Waals surface area contributed by atoms with E-state index in [-0.39, 0.29) is 11.8 Å². The maximum Gasteiger partial charge on any atom is 0.300 e. The number of aliphatic carboxylic acids is 1. The average molecular weight is 411 g/mol. The van der Waals surface area contributed by atoms with Crippen LogP contribution < -0.4 is 0 Å². The van der Waals surface area contributed by atoms with E-state index >= 15 is 0 Å². The van der Waals surface area contributed by atoms with Crippen molar-refractivity contribution >= 4 is 17.5 Å². The Labute approximate surface area is 173 Å². The summed E-state index contributed by atoms with van der Waals surface area (Å²) in [6.45, 7) is 3.31. The van der Waals surface area contributed by atoms with Crippen LogP contribution in [0.4, 0.5) is 0 Å². The second-order valence-electron chi connectivity index (χ2n) is 7.70. The molecule has 0 aromatic carbocycles. The predicted molar refractivity (Wildman–Crippen MR) is 107 cm³/mol. The number of aryl methyl sites for hydroxylation is 1. The third-order valence-electron chi connectivity index (χ3n) is 5.67. The van der Waals surface area contributed by atoms with Crippen molar-refractivity contribution < 1.29 is 14.7 Å². The zero-order chi connectivity index (χ0) is 21.1. The Morgan fingerprint density at radius 3 is 2.67 bits per heavy atom. The van der Waals surface area contributed by atoms with E-state index < -0.39 is 5.97 Å². The Hall–Kier alpha value is -3.30. The third-order valence-corrected chi connectivity index (χ3v) is 5.67. The highest BCUT2D eigenvalue weighted by Gasteiger charge is 2.32. The lowest BCUT2D eigenvalue weighted by Gasteiger charge is -2.34. The summed E-state index contributed by atoms with van der Waals surface area (Å²) in [5.74, 6) is 1.80. The summed E-state index contributed by atoms with van der Waals surface area (Å²) in [6, 6.07) is 5.94. The van der Waals surface area contributed by atoms with Crippen LogP contribution in [0.3, 0.4) is 0 Å². The molecule has 5 heterocycles. The molecule has 0 saturated carbocycles. The van der Waals surface area contributed by atoms with Crippen molar-refractivity contribution in [1.29, 1.82) is 0 Å². The van der Waals surface area contributed by atoms with Gasteiger partial charge in [0.05, 0.1) is 12.5 Å². The molecule has 3 aromatic rings. The number of rotatable bonds is 2. The van der Waals surface area contributed by atoms with Gasteiger partial charge in [-0.2, -0.15) is 5.10 Å². The van der Waals surface area contributed by atoms with E-state index in [2.05, 4.69) is 24.7 Å². The molecule has 2 aliphatic heterocycles. The first-order chi connectivity index (χ1) is 14.5. The topological polar surface area (TPSA) is 119 Å². The normalized spacial score (nSPS) is 19.1. The maximum absolute atomic E-state index is 12.9. The van der Waals surface area contributed by atoms with E-state index in [1.54, 1.807) is 6.33 Å². The van der Waals surface area contributed by atoms with Gasteiger partial charge >= 0.3 is 0 Å². The predicted octanol–water partition coefficient (Wildman–Crippen LogP) is 1.38. The molecule has 2 aliphatic rings. The monoisotopic (exact) mass is 411 g/mol. The quantitative estimate of drug-likeness (QED) is 0.677. The van der Waals surface area contributed by atoms with Gasteiger partial charge in [0.1, 0.15) is 18.0 Å². The number of aromatic nitrogens is 6. The lowest BCUT2D eigenvalue weighted by Crippen LogP contribution is -2.43. The van der Waals surface area contributed by atoms with Gasteiger partial charge in [0.15, 0.2) is 5.65 Å². The maximum atomic E-state index is 12.9. The minimum atomic E-state index is -0.833. The molecule has 0 spiro atoms. The van der Waals surface area contributed by atoms with Crippen molar-refractivity contribution in [2.75, 3.05) is 13.1 Å². The number of carboxylic acids is 1. The SMILES string of the molecule is CC(=O)O.O=C(C1CCc2ncnn2C1)N1CCC(c2nnc3ccccn23)CC1. The lowest BCUT2D eigenvalue weighted by molar-refractivity contribution is -0.138. The Balaban J connectivity index is 0.000000503. The number of piperidine rings is 1. The van der Waals surface area contributed by atoms with Crippen molar-refractivity contribution in [3.05, 3.63) is 42.4 Å². The number of nitrogens with zero attached hydrogens (tertiary/aromatic N) is 7. The summed E-state index contributed by atoms with van der Waals surface area (Å²) < 4.78 is 3.94. The largest absolute Gasteiger partial charge is 0.481 e. The molecule has 3 aromatic heterocycles.